The summed E-state index contributed by atoms with van der Waals surface area (Å²) in [6.45, 7) is 13.6. The van der Waals surface area contributed by atoms with Crippen LogP contribution >= 0.6 is 0 Å². The third-order valence-electron chi connectivity index (χ3n) is 16.5. The second-order valence-corrected chi connectivity index (χ2v) is 27.3. The number of rotatable bonds is 47. The van der Waals surface area contributed by atoms with Gasteiger partial charge >= 0.3 is 17.9 Å². The molecule has 0 unspecified atom stereocenters. The number of aromatic hydroxyl groups is 1. The minimum Gasteiger partial charge on any atom is -0.508 e. The normalized spacial score (nSPS) is 16.1. The van der Waals surface area contributed by atoms with Crippen molar-refractivity contribution in [2.75, 3.05) is 19.6 Å². The van der Waals surface area contributed by atoms with E-state index < -0.39 is 204 Å². The number of aliphatic hydroxyl groups excluding tert-OH is 1. The predicted molar refractivity (Wildman–Crippen MR) is 379 cm³/mol. The third-order valence-corrected chi connectivity index (χ3v) is 16.5. The maximum Gasteiger partial charge on any atom is 0.326 e. The molecule has 0 saturated carbocycles. The molecule has 13 atom stereocenters. The summed E-state index contributed by atoms with van der Waals surface area (Å²) in [6.07, 6.45) is -5.08. The van der Waals surface area contributed by atoms with Crippen molar-refractivity contribution in [2.45, 2.75) is 231 Å². The Hall–Kier alpha value is -10.5. The number of phenolic OH excluding ortho intramolecular Hbond substituents is 1. The van der Waals surface area contributed by atoms with Crippen LogP contribution in [0.1, 0.15) is 151 Å². The number of nitrogens with two attached hydrogens (primary N) is 6. The number of carboxylic acids is 3. The van der Waals surface area contributed by atoms with E-state index in [4.69, 9.17) is 34.4 Å². The van der Waals surface area contributed by atoms with Gasteiger partial charge < -0.3 is 118 Å². The van der Waals surface area contributed by atoms with Crippen molar-refractivity contribution >= 4 is 101 Å². The molecule has 1 saturated heterocycles. The molecule has 0 spiro atoms. The fourth-order valence-electron chi connectivity index (χ4n) is 11.0. The summed E-state index contributed by atoms with van der Waals surface area (Å²) in [6, 6.07) is -12.9. The number of nitrogens with zero attached hydrogens (tertiary/aromatic N) is 3. The number of aliphatic carboxylic acids is 3. The Bertz CT molecular complexity index is 3230. The van der Waals surface area contributed by atoms with Crippen LogP contribution in [0.3, 0.4) is 0 Å². The van der Waals surface area contributed by atoms with E-state index in [1.807, 2.05) is 0 Å². The molecule has 39 heteroatoms. The number of carboxylic acid groups (broad SMARTS) is 3. The summed E-state index contributed by atoms with van der Waals surface area (Å²) in [5.74, 6) is -19.1. The number of aliphatic imine (C=N–C) groups is 2. The first-order chi connectivity index (χ1) is 49.0. The molecule has 1 fully saturated rings. The van der Waals surface area contributed by atoms with E-state index in [2.05, 4.69) is 63.2 Å². The molecule has 1 aromatic rings. The number of benzene rings is 1. The van der Waals surface area contributed by atoms with Crippen molar-refractivity contribution in [1.29, 1.82) is 0 Å². The van der Waals surface area contributed by atoms with Gasteiger partial charge in [-0.15, -0.1) is 0 Å². The highest BCUT2D eigenvalue weighted by molar-refractivity contribution is 6.00. The molecular weight excluding hydrogens is 1380 g/mol. The Balaban J connectivity index is 2.57. The van der Waals surface area contributed by atoms with E-state index in [9.17, 15) is 97.5 Å². The van der Waals surface area contributed by atoms with Crippen LogP contribution in [-0.2, 0) is 78.3 Å². The lowest BCUT2D eigenvalue weighted by Crippen LogP contribution is -2.62. The van der Waals surface area contributed by atoms with Crippen LogP contribution in [0.4, 0.5) is 0 Å². The zero-order valence-corrected chi connectivity index (χ0v) is 60.8. The van der Waals surface area contributed by atoms with E-state index in [0.717, 1.165) is 11.8 Å². The summed E-state index contributed by atoms with van der Waals surface area (Å²) in [7, 11) is 0. The van der Waals surface area contributed by atoms with Crippen molar-refractivity contribution in [3.63, 3.8) is 0 Å². The number of carbonyl (C=O) groups is 15. The maximum absolute atomic E-state index is 14.7. The Labute approximate surface area is 608 Å². The Kier molecular flexibility index (Phi) is 38.8. The van der Waals surface area contributed by atoms with E-state index in [1.54, 1.807) is 27.7 Å². The van der Waals surface area contributed by atoms with Gasteiger partial charge in [0.2, 0.25) is 70.9 Å². The number of carbonyl (C=O) groups excluding carboxylic acids is 12. The maximum atomic E-state index is 14.7. The number of hydrogen-bond acceptors (Lipinski definition) is 20. The highest BCUT2D eigenvalue weighted by Gasteiger charge is 2.42. The molecule has 1 aliphatic rings. The van der Waals surface area contributed by atoms with Gasteiger partial charge in [0, 0.05) is 38.9 Å². The van der Waals surface area contributed by atoms with Gasteiger partial charge in [0.05, 0.1) is 18.6 Å². The van der Waals surface area contributed by atoms with E-state index in [-0.39, 0.29) is 114 Å². The first-order valence-electron chi connectivity index (χ1n) is 34.6. The van der Waals surface area contributed by atoms with Crippen molar-refractivity contribution in [1.82, 2.24) is 58.1 Å². The first-order valence-corrected chi connectivity index (χ1v) is 34.6. The van der Waals surface area contributed by atoms with Crippen molar-refractivity contribution < 1.29 is 97.5 Å². The molecular formula is C66H109N19O20. The molecule has 0 bridgehead atoms. The van der Waals surface area contributed by atoms with Gasteiger partial charge in [-0.25, -0.2) is 4.79 Å². The van der Waals surface area contributed by atoms with Crippen LogP contribution in [0.25, 0.3) is 0 Å². The quantitative estimate of drug-likeness (QED) is 0.0165. The molecule has 105 heavy (non-hydrogen) atoms. The number of aliphatic hydroxyl groups is 1. The molecule has 1 heterocycles. The number of nitrogens with one attached hydrogen (secondary N) is 10. The number of hydrogen-bond donors (Lipinski definition) is 21. The van der Waals surface area contributed by atoms with Gasteiger partial charge in [-0.1, -0.05) is 67.5 Å². The van der Waals surface area contributed by atoms with Crippen LogP contribution in [-0.4, -0.2) is 229 Å². The Morgan fingerprint density at radius 3 is 1.35 bits per heavy atom. The van der Waals surface area contributed by atoms with Crippen molar-refractivity contribution in [2.24, 2.45) is 68.1 Å². The van der Waals surface area contributed by atoms with Gasteiger partial charge in [0.1, 0.15) is 72.2 Å². The number of guanidine groups is 2. The van der Waals surface area contributed by atoms with Crippen LogP contribution in [0.5, 0.6) is 5.75 Å². The average Bonchev–Trinajstić information content (AvgIpc) is 1.76. The van der Waals surface area contributed by atoms with Crippen LogP contribution < -0.4 is 87.6 Å². The molecule has 12 amide bonds. The highest BCUT2D eigenvalue weighted by Crippen LogP contribution is 2.22. The SMILES string of the molecule is CC(C)C[C@H](NC(=O)[C@H](CC(=O)O)NC(=O)[C@@H]1CCCN1C(=O)[C@H](Cc1ccc(O)cc1)NC(=O)[C@@H](N)CCC(N)=O)C(=O)N[C@@H](CCCN=C(N)N)C(=O)N[C@@H](CCCN=C(N)N)C(=O)N[C@H](C(=O)N[C@@H](CCC(=O)O)C(=O)N[C@@H](CC(C)C)C(=O)N[C@H](C(=O)N[C@H](C(=O)O)C(C)C)[C@@H](C)O)C(C)C. The molecule has 2 rings (SSSR count). The summed E-state index contributed by atoms with van der Waals surface area (Å²) in [4.78, 5) is 213. The number of phenols is 1. The topological polar surface area (TPSA) is 662 Å². The second-order valence-electron chi connectivity index (χ2n) is 27.3. The fraction of sp³-hybridized carbons (Fsp3) is 0.652. The smallest absolute Gasteiger partial charge is 0.326 e. The van der Waals surface area contributed by atoms with Crippen molar-refractivity contribution in [3.05, 3.63) is 29.8 Å². The third kappa shape index (κ3) is 33.2. The lowest BCUT2D eigenvalue weighted by Gasteiger charge is -2.31. The number of primary amides is 1. The van der Waals surface area contributed by atoms with Crippen LogP contribution in [0.2, 0.25) is 0 Å². The molecule has 1 aliphatic heterocycles. The molecule has 0 aliphatic carbocycles. The molecule has 0 radical (unpaired) electrons. The average molecular weight is 1490 g/mol. The first kappa shape index (κ1) is 90.6. The molecule has 1 aromatic carbocycles. The van der Waals surface area contributed by atoms with E-state index in [0.29, 0.717) is 5.56 Å². The largest absolute Gasteiger partial charge is 0.508 e. The number of amides is 12. The summed E-state index contributed by atoms with van der Waals surface area (Å²) in [5, 5.41) is 74.6. The second kappa shape index (κ2) is 44.9. The van der Waals surface area contributed by atoms with Gasteiger partial charge in [-0.2, -0.15) is 0 Å². The summed E-state index contributed by atoms with van der Waals surface area (Å²) in [5.41, 5.74) is 34.0. The fourth-order valence-corrected chi connectivity index (χ4v) is 11.0. The van der Waals surface area contributed by atoms with Gasteiger partial charge in [-0.3, -0.25) is 77.1 Å². The highest BCUT2D eigenvalue weighted by atomic mass is 16.4. The molecule has 27 N–H and O–H groups in total. The van der Waals surface area contributed by atoms with Crippen LogP contribution in [0.15, 0.2) is 34.3 Å². The monoisotopic (exact) mass is 1490 g/mol. The van der Waals surface area contributed by atoms with E-state index >= 15 is 0 Å². The lowest BCUT2D eigenvalue weighted by molar-refractivity contribution is -0.144. The molecule has 39 nitrogen and oxygen atoms in total. The van der Waals surface area contributed by atoms with Gasteiger partial charge in [-0.05, 0) is 112 Å². The number of likely N-dealkylation sites (tertiary alicyclic amines) is 1. The zero-order valence-electron chi connectivity index (χ0n) is 60.8. The van der Waals surface area contributed by atoms with Crippen LogP contribution in [0, 0.1) is 23.7 Å². The van der Waals surface area contributed by atoms with Gasteiger partial charge in [0.15, 0.2) is 11.9 Å². The predicted octanol–water partition coefficient (Wildman–Crippen LogP) is -5.32. The summed E-state index contributed by atoms with van der Waals surface area (Å²) >= 11 is 0. The summed E-state index contributed by atoms with van der Waals surface area (Å²) < 4.78 is 0. The zero-order chi connectivity index (χ0) is 79.7. The molecule has 0 aromatic heterocycles. The van der Waals surface area contributed by atoms with Crippen molar-refractivity contribution in [3.8, 4) is 5.75 Å². The Morgan fingerprint density at radius 2 is 0.905 bits per heavy atom. The standard InChI is InChI=1S/C66H109N19O20/c1-31(2)27-42(79-58(98)44(30-49(91)92)80-60(100)46-15-12-26-85(46)63(103)45(29-36-16-18-37(87)19-17-36)81-53(93)38(67)20-22-47(68)88)57(97)76-39(13-10-24-73-65(69)70)54(94)75-40(14-11-25-74-66(71)72)56(96)82-50(33(5)6)61(101)77-41(21-23-48(89)90)55(95)78-43(28-32(3)4)59(99)84-52(35(9)86)62(102)83-51(34(7)8)64(104)105/h16-19,31-35,38-46,50-52,86-87H,10-15,20-30,67H2,1-9H3,(H2,68,88)(H,75,94)(H,76,97)(H,77,101)(H,78,95)(H,79,98)(H,80,100)(H,81,93)(H,82,96)(H,83,102)(H,84,99)(H,89,90)(H,91,92)(H,104,105)(H4,69,70,73)(H4,71,72,74)/t35-,38+,39+,40+,41+,42+,43+,44+,45+,46+,50+,51+,52+/m1/s1. The van der Waals surface area contributed by atoms with Gasteiger partial charge in [0.25, 0.3) is 0 Å². The minimum atomic E-state index is -1.90. The van der Waals surface area contributed by atoms with E-state index in [1.165, 1.54) is 52.0 Å². The molecule has 588 valence electrons. The lowest BCUT2D eigenvalue weighted by atomic mass is 9.99. The minimum absolute atomic E-state index is 0.00948. The Morgan fingerprint density at radius 1 is 0.486 bits per heavy atom.